The molecule has 1 aliphatic heterocycles. The summed E-state index contributed by atoms with van der Waals surface area (Å²) >= 11 is 0. The molecule has 2 heterocycles. The van der Waals surface area contributed by atoms with Gasteiger partial charge in [-0.25, -0.2) is 0 Å². The predicted molar refractivity (Wildman–Crippen MR) is 83.2 cm³/mol. The van der Waals surface area contributed by atoms with Crippen molar-refractivity contribution in [1.29, 1.82) is 0 Å². The SMILES string of the molecule is CCC(C)[C@H](c1c(CO)cnc(C)c1O)N1CCNCC1. The molecule has 5 heteroatoms. The quantitative estimate of drug-likeness (QED) is 0.769. The predicted octanol–water partition coefficient (Wildman–Crippen LogP) is 1.58. The van der Waals surface area contributed by atoms with Gasteiger partial charge in [-0.05, 0) is 12.8 Å². The molecule has 2 rings (SSSR count). The molecule has 1 aromatic rings. The van der Waals surface area contributed by atoms with Crippen LogP contribution in [-0.2, 0) is 6.61 Å². The number of piperazine rings is 1. The Bertz CT molecular complexity index is 473. The summed E-state index contributed by atoms with van der Waals surface area (Å²) in [5.74, 6) is 0.645. The van der Waals surface area contributed by atoms with Gasteiger partial charge in [-0.1, -0.05) is 20.3 Å². The minimum absolute atomic E-state index is 0.0881. The Hall–Kier alpha value is -1.17. The highest BCUT2D eigenvalue weighted by Crippen LogP contribution is 2.39. The zero-order valence-electron chi connectivity index (χ0n) is 13.3. The maximum Gasteiger partial charge on any atom is 0.141 e. The maximum atomic E-state index is 10.5. The van der Waals surface area contributed by atoms with Crippen molar-refractivity contribution in [1.82, 2.24) is 15.2 Å². The van der Waals surface area contributed by atoms with E-state index in [0.717, 1.165) is 43.7 Å². The van der Waals surface area contributed by atoms with E-state index in [2.05, 4.69) is 29.0 Å². The lowest BCUT2D eigenvalue weighted by Crippen LogP contribution is -2.46. The molecule has 1 unspecified atom stereocenters. The van der Waals surface area contributed by atoms with E-state index in [-0.39, 0.29) is 18.4 Å². The number of aryl methyl sites for hydroxylation is 1. The van der Waals surface area contributed by atoms with E-state index >= 15 is 0 Å². The number of aliphatic hydroxyl groups is 1. The van der Waals surface area contributed by atoms with E-state index < -0.39 is 0 Å². The van der Waals surface area contributed by atoms with E-state index in [1.807, 2.05) is 6.92 Å². The molecule has 0 radical (unpaired) electrons. The second kappa shape index (κ2) is 7.20. The average Bonchev–Trinajstić information content (AvgIpc) is 2.52. The zero-order valence-corrected chi connectivity index (χ0v) is 13.3. The first-order valence-corrected chi connectivity index (χ1v) is 7.83. The van der Waals surface area contributed by atoms with Crippen LogP contribution in [0.3, 0.4) is 0 Å². The molecule has 0 aromatic carbocycles. The molecule has 1 saturated heterocycles. The highest BCUT2D eigenvalue weighted by atomic mass is 16.3. The lowest BCUT2D eigenvalue weighted by molar-refractivity contribution is 0.123. The fraction of sp³-hybridized carbons (Fsp3) is 0.688. The van der Waals surface area contributed by atoms with Crippen molar-refractivity contribution in [2.24, 2.45) is 5.92 Å². The molecule has 5 nitrogen and oxygen atoms in total. The first-order chi connectivity index (χ1) is 10.1. The van der Waals surface area contributed by atoms with Crippen LogP contribution in [0.25, 0.3) is 0 Å². The summed E-state index contributed by atoms with van der Waals surface area (Å²) in [4.78, 5) is 6.60. The van der Waals surface area contributed by atoms with E-state index in [1.165, 1.54) is 0 Å². The topological polar surface area (TPSA) is 68.6 Å². The van der Waals surface area contributed by atoms with Gasteiger partial charge in [0.1, 0.15) is 5.75 Å². The van der Waals surface area contributed by atoms with Crippen molar-refractivity contribution in [3.63, 3.8) is 0 Å². The molecule has 1 fully saturated rings. The molecule has 118 valence electrons. The highest BCUT2D eigenvalue weighted by Gasteiger charge is 2.31. The van der Waals surface area contributed by atoms with Crippen LogP contribution in [0, 0.1) is 12.8 Å². The molecule has 2 atom stereocenters. The Morgan fingerprint density at radius 3 is 2.62 bits per heavy atom. The zero-order chi connectivity index (χ0) is 15.4. The molecular weight excluding hydrogens is 266 g/mol. The fourth-order valence-corrected chi connectivity index (χ4v) is 3.12. The average molecular weight is 293 g/mol. The number of hydrogen-bond acceptors (Lipinski definition) is 5. The van der Waals surface area contributed by atoms with Crippen molar-refractivity contribution in [3.8, 4) is 5.75 Å². The Morgan fingerprint density at radius 1 is 1.38 bits per heavy atom. The Kier molecular flexibility index (Phi) is 5.56. The summed E-state index contributed by atoms with van der Waals surface area (Å²) in [5, 5.41) is 23.6. The molecule has 21 heavy (non-hydrogen) atoms. The van der Waals surface area contributed by atoms with E-state index in [9.17, 15) is 10.2 Å². The third-order valence-electron chi connectivity index (χ3n) is 4.55. The summed E-state index contributed by atoms with van der Waals surface area (Å²) < 4.78 is 0. The van der Waals surface area contributed by atoms with Gasteiger partial charge in [0.2, 0.25) is 0 Å². The van der Waals surface area contributed by atoms with Gasteiger partial charge < -0.3 is 15.5 Å². The number of nitrogens with one attached hydrogen (secondary N) is 1. The lowest BCUT2D eigenvalue weighted by atomic mass is 9.87. The van der Waals surface area contributed by atoms with Gasteiger partial charge >= 0.3 is 0 Å². The van der Waals surface area contributed by atoms with Gasteiger partial charge in [0, 0.05) is 49.5 Å². The number of nitrogens with zero attached hydrogens (tertiary/aromatic N) is 2. The van der Waals surface area contributed by atoms with Crippen LogP contribution in [-0.4, -0.2) is 46.3 Å². The van der Waals surface area contributed by atoms with Crippen LogP contribution in [0.5, 0.6) is 5.75 Å². The summed E-state index contributed by atoms with van der Waals surface area (Å²) in [6, 6.07) is 0.126. The van der Waals surface area contributed by atoms with Crippen LogP contribution in [0.4, 0.5) is 0 Å². The lowest BCUT2D eigenvalue weighted by Gasteiger charge is -2.39. The second-order valence-corrected chi connectivity index (χ2v) is 5.91. The van der Waals surface area contributed by atoms with Crippen molar-refractivity contribution >= 4 is 0 Å². The maximum absolute atomic E-state index is 10.5. The molecule has 3 N–H and O–H groups in total. The third-order valence-corrected chi connectivity index (χ3v) is 4.55. The van der Waals surface area contributed by atoms with E-state index in [4.69, 9.17) is 0 Å². The van der Waals surface area contributed by atoms with Crippen LogP contribution >= 0.6 is 0 Å². The third kappa shape index (κ3) is 3.36. The smallest absolute Gasteiger partial charge is 0.141 e. The molecule has 1 aliphatic rings. The normalized spacial score (nSPS) is 19.4. The van der Waals surface area contributed by atoms with E-state index in [1.54, 1.807) is 6.20 Å². The van der Waals surface area contributed by atoms with Crippen molar-refractivity contribution in [2.75, 3.05) is 26.2 Å². The Morgan fingerprint density at radius 2 is 2.05 bits per heavy atom. The number of pyridine rings is 1. The van der Waals surface area contributed by atoms with Gasteiger partial charge in [-0.3, -0.25) is 9.88 Å². The monoisotopic (exact) mass is 293 g/mol. The first-order valence-electron chi connectivity index (χ1n) is 7.83. The fourth-order valence-electron chi connectivity index (χ4n) is 3.12. The number of hydrogen-bond donors (Lipinski definition) is 3. The summed E-state index contributed by atoms with van der Waals surface area (Å²) in [5.41, 5.74) is 2.23. The molecular formula is C16H27N3O2. The minimum Gasteiger partial charge on any atom is -0.506 e. The second-order valence-electron chi connectivity index (χ2n) is 5.91. The molecule has 1 aromatic heterocycles. The number of aromatic nitrogens is 1. The van der Waals surface area contributed by atoms with E-state index in [0.29, 0.717) is 11.6 Å². The molecule has 0 amide bonds. The van der Waals surface area contributed by atoms with Gasteiger partial charge in [0.05, 0.1) is 12.3 Å². The van der Waals surface area contributed by atoms with Gasteiger partial charge in [0.25, 0.3) is 0 Å². The van der Waals surface area contributed by atoms with Crippen LogP contribution in [0.2, 0.25) is 0 Å². The Balaban J connectivity index is 2.47. The minimum atomic E-state index is -0.0881. The number of aromatic hydroxyl groups is 1. The van der Waals surface area contributed by atoms with Gasteiger partial charge in [0.15, 0.2) is 0 Å². The summed E-state index contributed by atoms with van der Waals surface area (Å²) in [6.07, 6.45) is 2.72. The number of aliphatic hydroxyl groups excluding tert-OH is 1. The standard InChI is InChI=1S/C16H27N3O2/c1-4-11(2)15(19-7-5-17-6-8-19)14-13(10-20)9-18-12(3)16(14)21/h9,11,15,17,20-21H,4-8,10H2,1-3H3/t11?,15-/m1/s1. The van der Waals surface area contributed by atoms with Crippen molar-refractivity contribution < 1.29 is 10.2 Å². The Labute approximate surface area is 127 Å². The van der Waals surface area contributed by atoms with Crippen molar-refractivity contribution in [3.05, 3.63) is 23.0 Å². The van der Waals surface area contributed by atoms with Crippen LogP contribution in [0.15, 0.2) is 6.20 Å². The highest BCUT2D eigenvalue weighted by molar-refractivity contribution is 5.43. The number of rotatable bonds is 5. The molecule has 0 aliphatic carbocycles. The largest absolute Gasteiger partial charge is 0.506 e. The summed E-state index contributed by atoms with van der Waals surface area (Å²) in [7, 11) is 0. The van der Waals surface area contributed by atoms with Crippen LogP contribution < -0.4 is 5.32 Å². The van der Waals surface area contributed by atoms with Crippen LogP contribution in [0.1, 0.15) is 43.1 Å². The first kappa shape index (κ1) is 16.2. The van der Waals surface area contributed by atoms with Gasteiger partial charge in [-0.2, -0.15) is 0 Å². The molecule has 0 saturated carbocycles. The molecule has 0 spiro atoms. The van der Waals surface area contributed by atoms with Gasteiger partial charge in [-0.15, -0.1) is 0 Å². The van der Waals surface area contributed by atoms with Crippen molar-refractivity contribution in [2.45, 2.75) is 39.8 Å². The summed E-state index contributed by atoms with van der Waals surface area (Å²) in [6.45, 7) is 9.95. The molecule has 0 bridgehead atoms.